The molecule has 0 saturated carbocycles. The summed E-state index contributed by atoms with van der Waals surface area (Å²) in [5, 5.41) is 4.02. The number of carbonyl (C=O) groups is 1. The van der Waals surface area contributed by atoms with Crippen molar-refractivity contribution < 1.29 is 4.79 Å². The van der Waals surface area contributed by atoms with Gasteiger partial charge in [-0.1, -0.05) is 42.5 Å². The molecular formula is C20H16BrN3O. The molecule has 3 aromatic rings. The van der Waals surface area contributed by atoms with Crippen molar-refractivity contribution in [1.29, 1.82) is 0 Å². The first-order valence-corrected chi connectivity index (χ1v) is 8.51. The van der Waals surface area contributed by atoms with Crippen LogP contribution in [0.5, 0.6) is 0 Å². The molecule has 2 aromatic carbocycles. The Hall–Kier alpha value is -2.92. The molecule has 0 saturated heterocycles. The Kier molecular flexibility index (Phi) is 5.59. The van der Waals surface area contributed by atoms with Crippen molar-refractivity contribution in [2.75, 3.05) is 0 Å². The van der Waals surface area contributed by atoms with E-state index in [1.165, 1.54) is 0 Å². The minimum Gasteiger partial charge on any atom is -0.323 e. The molecule has 25 heavy (non-hydrogen) atoms. The average Bonchev–Trinajstić information content (AvgIpc) is 3.17. The van der Waals surface area contributed by atoms with Gasteiger partial charge in [0.25, 0.3) is 5.91 Å². The fraction of sp³-hybridized carbons (Fsp3) is 0. The maximum absolute atomic E-state index is 12.4. The van der Waals surface area contributed by atoms with E-state index >= 15 is 0 Å². The van der Waals surface area contributed by atoms with E-state index in [1.54, 1.807) is 12.3 Å². The molecule has 0 bridgehead atoms. The number of benzene rings is 2. The van der Waals surface area contributed by atoms with Gasteiger partial charge in [0.2, 0.25) is 0 Å². The molecule has 0 unspecified atom stereocenters. The van der Waals surface area contributed by atoms with E-state index in [-0.39, 0.29) is 5.91 Å². The SMILES string of the molecule is O=C(N/N=C\C(Br)=C\c1ccccc1)c1ccccc1-n1cccc1. The summed E-state index contributed by atoms with van der Waals surface area (Å²) in [5.74, 6) is -0.263. The number of para-hydroxylation sites is 1. The first-order valence-electron chi connectivity index (χ1n) is 7.72. The highest BCUT2D eigenvalue weighted by atomic mass is 79.9. The van der Waals surface area contributed by atoms with Crippen molar-refractivity contribution >= 4 is 34.1 Å². The van der Waals surface area contributed by atoms with Crippen LogP contribution in [0, 0.1) is 0 Å². The molecule has 1 amide bonds. The zero-order valence-corrected chi connectivity index (χ0v) is 14.9. The standard InChI is InChI=1S/C20H16BrN3O/c21-17(14-16-8-2-1-3-9-16)15-22-23-20(25)18-10-4-5-11-19(18)24-12-6-7-13-24/h1-15H,(H,23,25)/b17-14-,22-15-. The summed E-state index contributed by atoms with van der Waals surface area (Å²) >= 11 is 3.42. The molecule has 0 aliphatic heterocycles. The van der Waals surface area contributed by atoms with E-state index in [9.17, 15) is 4.79 Å². The van der Waals surface area contributed by atoms with Gasteiger partial charge in [-0.15, -0.1) is 0 Å². The molecule has 0 aliphatic carbocycles. The molecule has 0 atom stereocenters. The van der Waals surface area contributed by atoms with Crippen molar-refractivity contribution in [3.05, 3.63) is 94.7 Å². The number of hydrogen-bond donors (Lipinski definition) is 1. The lowest BCUT2D eigenvalue weighted by atomic mass is 10.1. The largest absolute Gasteiger partial charge is 0.323 e. The van der Waals surface area contributed by atoms with E-state index in [4.69, 9.17) is 0 Å². The fourth-order valence-electron chi connectivity index (χ4n) is 2.34. The van der Waals surface area contributed by atoms with Crippen LogP contribution in [0.3, 0.4) is 0 Å². The van der Waals surface area contributed by atoms with Crippen molar-refractivity contribution in [1.82, 2.24) is 9.99 Å². The first-order chi connectivity index (χ1) is 12.2. The number of hydrazone groups is 1. The van der Waals surface area contributed by atoms with Crippen LogP contribution in [0.25, 0.3) is 11.8 Å². The molecule has 4 nitrogen and oxygen atoms in total. The number of rotatable bonds is 5. The highest BCUT2D eigenvalue weighted by Crippen LogP contribution is 2.15. The van der Waals surface area contributed by atoms with Crippen LogP contribution >= 0.6 is 15.9 Å². The molecule has 0 fully saturated rings. The van der Waals surface area contributed by atoms with Gasteiger partial charge >= 0.3 is 0 Å². The first kappa shape index (κ1) is 16.9. The van der Waals surface area contributed by atoms with Gasteiger partial charge in [-0.05, 0) is 51.8 Å². The molecule has 5 heteroatoms. The summed E-state index contributed by atoms with van der Waals surface area (Å²) in [7, 11) is 0. The second kappa shape index (κ2) is 8.26. The number of hydrogen-bond acceptors (Lipinski definition) is 2. The van der Waals surface area contributed by atoms with Crippen LogP contribution in [-0.2, 0) is 0 Å². The predicted molar refractivity (Wildman–Crippen MR) is 105 cm³/mol. The van der Waals surface area contributed by atoms with E-state index < -0.39 is 0 Å². The van der Waals surface area contributed by atoms with E-state index in [0.29, 0.717) is 5.56 Å². The maximum atomic E-state index is 12.4. The van der Waals surface area contributed by atoms with E-state index in [0.717, 1.165) is 15.7 Å². The Labute approximate surface area is 154 Å². The van der Waals surface area contributed by atoms with Gasteiger partial charge in [0, 0.05) is 16.9 Å². The smallest absolute Gasteiger partial charge is 0.273 e. The zero-order chi connectivity index (χ0) is 17.5. The second-order valence-electron chi connectivity index (χ2n) is 5.25. The van der Waals surface area contributed by atoms with Gasteiger partial charge in [-0.3, -0.25) is 4.79 Å². The monoisotopic (exact) mass is 393 g/mol. The zero-order valence-electron chi connectivity index (χ0n) is 13.3. The second-order valence-corrected chi connectivity index (χ2v) is 6.16. The quantitative estimate of drug-likeness (QED) is 0.498. The molecular weight excluding hydrogens is 378 g/mol. The summed E-state index contributed by atoms with van der Waals surface area (Å²) in [6.07, 6.45) is 7.27. The normalized spacial score (nSPS) is 11.6. The van der Waals surface area contributed by atoms with Crippen molar-refractivity contribution in [3.63, 3.8) is 0 Å². The van der Waals surface area contributed by atoms with Crippen LogP contribution < -0.4 is 5.43 Å². The molecule has 0 aliphatic rings. The van der Waals surface area contributed by atoms with Crippen LogP contribution in [-0.4, -0.2) is 16.7 Å². The van der Waals surface area contributed by atoms with Crippen molar-refractivity contribution in [3.8, 4) is 5.69 Å². The number of nitrogens with zero attached hydrogens (tertiary/aromatic N) is 2. The average molecular weight is 394 g/mol. The lowest BCUT2D eigenvalue weighted by Crippen LogP contribution is -2.19. The molecule has 1 aromatic heterocycles. The third-order valence-corrected chi connectivity index (χ3v) is 3.92. The Balaban J connectivity index is 1.70. The lowest BCUT2D eigenvalue weighted by Gasteiger charge is -2.08. The number of carbonyl (C=O) groups excluding carboxylic acids is 1. The van der Waals surface area contributed by atoms with E-state index in [1.807, 2.05) is 83.7 Å². The Morgan fingerprint density at radius 1 is 0.960 bits per heavy atom. The van der Waals surface area contributed by atoms with Crippen molar-refractivity contribution in [2.45, 2.75) is 0 Å². The van der Waals surface area contributed by atoms with Gasteiger partial charge in [0.1, 0.15) is 0 Å². The summed E-state index contributed by atoms with van der Waals surface area (Å²) in [6, 6.07) is 21.1. The number of halogens is 1. The number of allylic oxidation sites excluding steroid dienone is 1. The molecule has 1 N–H and O–H groups in total. The highest BCUT2D eigenvalue weighted by Gasteiger charge is 2.10. The number of aromatic nitrogens is 1. The summed E-state index contributed by atoms with van der Waals surface area (Å²) in [6.45, 7) is 0. The Morgan fingerprint density at radius 2 is 1.64 bits per heavy atom. The molecule has 124 valence electrons. The topological polar surface area (TPSA) is 46.4 Å². The van der Waals surface area contributed by atoms with Gasteiger partial charge < -0.3 is 4.57 Å². The third kappa shape index (κ3) is 4.55. The third-order valence-electron chi connectivity index (χ3n) is 3.49. The van der Waals surface area contributed by atoms with Gasteiger partial charge in [-0.25, -0.2) is 5.43 Å². The Morgan fingerprint density at radius 3 is 2.40 bits per heavy atom. The minimum absolute atomic E-state index is 0.263. The molecule has 1 heterocycles. The Bertz CT molecular complexity index is 900. The summed E-state index contributed by atoms with van der Waals surface area (Å²) in [5.41, 5.74) is 4.97. The van der Waals surface area contributed by atoms with E-state index in [2.05, 4.69) is 26.5 Å². The maximum Gasteiger partial charge on any atom is 0.273 e. The van der Waals surface area contributed by atoms with Crippen LogP contribution in [0.4, 0.5) is 0 Å². The van der Waals surface area contributed by atoms with Gasteiger partial charge in [0.05, 0.1) is 17.5 Å². The summed E-state index contributed by atoms with van der Waals surface area (Å²) in [4.78, 5) is 12.4. The molecule has 3 rings (SSSR count). The summed E-state index contributed by atoms with van der Waals surface area (Å²) < 4.78 is 2.65. The van der Waals surface area contributed by atoms with Crippen LogP contribution in [0.2, 0.25) is 0 Å². The molecule has 0 spiro atoms. The van der Waals surface area contributed by atoms with Gasteiger partial charge in [0.15, 0.2) is 0 Å². The predicted octanol–water partition coefficient (Wildman–Crippen LogP) is 4.63. The minimum atomic E-state index is -0.263. The lowest BCUT2D eigenvalue weighted by molar-refractivity contribution is 0.0955. The number of amides is 1. The van der Waals surface area contributed by atoms with Gasteiger partial charge in [-0.2, -0.15) is 5.10 Å². The highest BCUT2D eigenvalue weighted by molar-refractivity contribution is 9.12. The van der Waals surface area contributed by atoms with Crippen LogP contribution in [0.15, 0.2) is 88.7 Å². The van der Waals surface area contributed by atoms with Crippen molar-refractivity contribution in [2.24, 2.45) is 5.10 Å². The number of nitrogens with one attached hydrogen (secondary N) is 1. The van der Waals surface area contributed by atoms with Crippen LogP contribution in [0.1, 0.15) is 15.9 Å². The fourth-order valence-corrected chi connectivity index (χ4v) is 2.71. The molecule has 0 radical (unpaired) electrons.